The first-order chi connectivity index (χ1) is 10.5. The fourth-order valence-corrected chi connectivity index (χ4v) is 3.81. The SMILES string of the molecule is O=C(NCCCNS(=O)(=O)c1ccccc1Cl)C1CC=CC1. The van der Waals surface area contributed by atoms with Crippen LogP contribution >= 0.6 is 11.6 Å². The van der Waals surface area contributed by atoms with Crippen molar-refractivity contribution in [3.8, 4) is 0 Å². The fourth-order valence-electron chi connectivity index (χ4n) is 2.22. The van der Waals surface area contributed by atoms with E-state index in [4.69, 9.17) is 11.6 Å². The monoisotopic (exact) mass is 342 g/mol. The van der Waals surface area contributed by atoms with E-state index in [-0.39, 0.29) is 28.3 Å². The molecule has 0 spiro atoms. The van der Waals surface area contributed by atoms with Crippen molar-refractivity contribution < 1.29 is 13.2 Å². The van der Waals surface area contributed by atoms with Crippen LogP contribution in [0.25, 0.3) is 0 Å². The lowest BCUT2D eigenvalue weighted by Crippen LogP contribution is -2.33. The van der Waals surface area contributed by atoms with E-state index in [1.807, 2.05) is 12.2 Å². The molecule has 2 rings (SSSR count). The standard InChI is InChI=1S/C15H19ClN2O3S/c16-13-8-3-4-9-14(13)22(20,21)18-11-5-10-17-15(19)12-6-1-2-7-12/h1-4,8-9,12,18H,5-7,10-11H2,(H,17,19). The van der Waals surface area contributed by atoms with Gasteiger partial charge in [-0.1, -0.05) is 35.9 Å². The highest BCUT2D eigenvalue weighted by molar-refractivity contribution is 7.89. The maximum Gasteiger partial charge on any atom is 0.242 e. The second-order valence-corrected chi connectivity index (χ2v) is 7.26. The van der Waals surface area contributed by atoms with Crippen LogP contribution in [-0.2, 0) is 14.8 Å². The molecule has 0 aliphatic heterocycles. The summed E-state index contributed by atoms with van der Waals surface area (Å²) < 4.78 is 26.6. The van der Waals surface area contributed by atoms with E-state index in [0.717, 1.165) is 12.8 Å². The van der Waals surface area contributed by atoms with Crippen LogP contribution in [0.5, 0.6) is 0 Å². The lowest BCUT2D eigenvalue weighted by atomic mass is 10.1. The molecule has 0 atom stereocenters. The number of amides is 1. The molecule has 5 nitrogen and oxygen atoms in total. The van der Waals surface area contributed by atoms with Gasteiger partial charge in [0.2, 0.25) is 15.9 Å². The lowest BCUT2D eigenvalue weighted by molar-refractivity contribution is -0.124. The molecule has 120 valence electrons. The van der Waals surface area contributed by atoms with Gasteiger partial charge in [-0.3, -0.25) is 4.79 Å². The Bertz CT molecular complexity index is 651. The third-order valence-corrected chi connectivity index (χ3v) is 5.41. The summed E-state index contributed by atoms with van der Waals surface area (Å²) in [6, 6.07) is 6.29. The summed E-state index contributed by atoms with van der Waals surface area (Å²) in [5.74, 6) is 0.0544. The molecule has 7 heteroatoms. The summed E-state index contributed by atoms with van der Waals surface area (Å²) in [5.41, 5.74) is 0. The van der Waals surface area contributed by atoms with E-state index >= 15 is 0 Å². The van der Waals surface area contributed by atoms with Crippen molar-refractivity contribution in [1.82, 2.24) is 10.0 Å². The average molecular weight is 343 g/mol. The average Bonchev–Trinajstić information content (AvgIpc) is 3.01. The Hall–Kier alpha value is -1.37. The maximum atomic E-state index is 12.1. The van der Waals surface area contributed by atoms with E-state index in [2.05, 4.69) is 10.0 Å². The minimum atomic E-state index is -3.61. The molecular formula is C15H19ClN2O3S. The highest BCUT2D eigenvalue weighted by Gasteiger charge is 2.19. The molecule has 0 fully saturated rings. The fraction of sp³-hybridized carbons (Fsp3) is 0.400. The summed E-state index contributed by atoms with van der Waals surface area (Å²) in [7, 11) is -3.61. The van der Waals surface area contributed by atoms with Crippen molar-refractivity contribution in [3.05, 3.63) is 41.4 Å². The molecule has 0 unspecified atom stereocenters. The number of rotatable bonds is 7. The van der Waals surface area contributed by atoms with E-state index in [9.17, 15) is 13.2 Å². The Morgan fingerprint density at radius 1 is 1.18 bits per heavy atom. The van der Waals surface area contributed by atoms with Gasteiger partial charge >= 0.3 is 0 Å². The molecule has 2 N–H and O–H groups in total. The summed E-state index contributed by atoms with van der Waals surface area (Å²) >= 11 is 5.88. The van der Waals surface area contributed by atoms with Crippen molar-refractivity contribution in [3.63, 3.8) is 0 Å². The van der Waals surface area contributed by atoms with Crippen LogP contribution in [0.15, 0.2) is 41.3 Å². The zero-order valence-electron chi connectivity index (χ0n) is 12.1. The van der Waals surface area contributed by atoms with Crippen LogP contribution in [0, 0.1) is 5.92 Å². The predicted octanol–water partition coefficient (Wildman–Crippen LogP) is 2.09. The van der Waals surface area contributed by atoms with Gasteiger partial charge in [0, 0.05) is 19.0 Å². The third kappa shape index (κ3) is 4.56. The van der Waals surface area contributed by atoms with E-state index in [1.165, 1.54) is 12.1 Å². The first-order valence-corrected chi connectivity index (χ1v) is 9.04. The van der Waals surface area contributed by atoms with Gasteiger partial charge in [0.05, 0.1) is 5.02 Å². The number of allylic oxidation sites excluding steroid dienone is 2. The number of sulfonamides is 1. The molecule has 1 amide bonds. The molecule has 0 bridgehead atoms. The van der Waals surface area contributed by atoms with Crippen molar-refractivity contribution in [2.24, 2.45) is 5.92 Å². The van der Waals surface area contributed by atoms with Gasteiger partial charge < -0.3 is 5.32 Å². The third-order valence-electron chi connectivity index (χ3n) is 3.45. The smallest absolute Gasteiger partial charge is 0.242 e. The van der Waals surface area contributed by atoms with Crippen LogP contribution in [0.1, 0.15) is 19.3 Å². The quantitative estimate of drug-likeness (QED) is 0.588. The molecular weight excluding hydrogens is 324 g/mol. The molecule has 0 aromatic heterocycles. The van der Waals surface area contributed by atoms with Crippen molar-refractivity contribution in [2.45, 2.75) is 24.2 Å². The normalized spacial score (nSPS) is 15.1. The molecule has 1 aromatic carbocycles. The predicted molar refractivity (Wildman–Crippen MR) is 86.1 cm³/mol. The van der Waals surface area contributed by atoms with Gasteiger partial charge in [0.1, 0.15) is 4.90 Å². The molecule has 0 saturated carbocycles. The zero-order chi connectivity index (χ0) is 16.0. The summed E-state index contributed by atoms with van der Waals surface area (Å²) in [5, 5.41) is 3.01. The second-order valence-electron chi connectivity index (χ2n) is 5.11. The highest BCUT2D eigenvalue weighted by atomic mass is 35.5. The van der Waals surface area contributed by atoms with Gasteiger partial charge in [-0.2, -0.15) is 0 Å². The van der Waals surface area contributed by atoms with E-state index < -0.39 is 10.0 Å². The van der Waals surface area contributed by atoms with Crippen LogP contribution in [0.2, 0.25) is 5.02 Å². The van der Waals surface area contributed by atoms with Gasteiger partial charge in [0.25, 0.3) is 0 Å². The maximum absolute atomic E-state index is 12.1. The van der Waals surface area contributed by atoms with Crippen LogP contribution < -0.4 is 10.0 Å². The second kappa shape index (κ2) is 7.76. The summed E-state index contributed by atoms with van der Waals surface area (Å²) in [4.78, 5) is 11.8. The molecule has 0 radical (unpaired) electrons. The Morgan fingerprint density at radius 2 is 1.86 bits per heavy atom. The number of benzene rings is 1. The van der Waals surface area contributed by atoms with Gasteiger partial charge in [-0.15, -0.1) is 0 Å². The number of halogens is 1. The number of carbonyl (C=O) groups excluding carboxylic acids is 1. The largest absolute Gasteiger partial charge is 0.356 e. The van der Waals surface area contributed by atoms with Crippen LogP contribution in [0.4, 0.5) is 0 Å². The molecule has 1 aliphatic rings. The first kappa shape index (κ1) is 17.0. The Labute approximate surface area is 135 Å². The number of hydrogen-bond acceptors (Lipinski definition) is 3. The Morgan fingerprint density at radius 3 is 2.55 bits per heavy atom. The van der Waals surface area contributed by atoms with Crippen molar-refractivity contribution in [1.29, 1.82) is 0 Å². The minimum absolute atomic E-state index is 0.0268. The first-order valence-electron chi connectivity index (χ1n) is 7.17. The van der Waals surface area contributed by atoms with Gasteiger partial charge in [-0.25, -0.2) is 13.1 Å². The molecule has 0 saturated heterocycles. The van der Waals surface area contributed by atoms with Crippen LogP contribution in [-0.4, -0.2) is 27.4 Å². The van der Waals surface area contributed by atoms with Gasteiger partial charge in [0.15, 0.2) is 0 Å². The Kier molecular flexibility index (Phi) is 5.99. The van der Waals surface area contributed by atoms with E-state index in [0.29, 0.717) is 13.0 Å². The topological polar surface area (TPSA) is 75.3 Å². The molecule has 0 heterocycles. The molecule has 1 aromatic rings. The number of carbonyl (C=O) groups is 1. The molecule has 1 aliphatic carbocycles. The zero-order valence-corrected chi connectivity index (χ0v) is 13.7. The summed E-state index contributed by atoms with van der Waals surface area (Å²) in [6.07, 6.45) is 6.09. The van der Waals surface area contributed by atoms with Crippen molar-refractivity contribution in [2.75, 3.05) is 13.1 Å². The Balaban J connectivity index is 1.72. The number of hydrogen-bond donors (Lipinski definition) is 2. The van der Waals surface area contributed by atoms with E-state index in [1.54, 1.807) is 12.1 Å². The minimum Gasteiger partial charge on any atom is -0.356 e. The lowest BCUT2D eigenvalue weighted by Gasteiger charge is -2.11. The van der Waals surface area contributed by atoms with Crippen LogP contribution in [0.3, 0.4) is 0 Å². The summed E-state index contributed by atoms with van der Waals surface area (Å²) in [6.45, 7) is 0.692. The number of nitrogens with one attached hydrogen (secondary N) is 2. The van der Waals surface area contributed by atoms with Crippen molar-refractivity contribution >= 4 is 27.5 Å². The molecule has 22 heavy (non-hydrogen) atoms. The highest BCUT2D eigenvalue weighted by Crippen LogP contribution is 2.20. The van der Waals surface area contributed by atoms with Gasteiger partial charge in [-0.05, 0) is 31.4 Å².